The molecule has 1 saturated carbocycles. The largest absolute Gasteiger partial charge is 0.383 e. The van der Waals surface area contributed by atoms with Crippen molar-refractivity contribution in [3.63, 3.8) is 0 Å². The molecule has 0 aromatic heterocycles. The van der Waals surface area contributed by atoms with Crippen LogP contribution < -0.4 is 5.32 Å². The highest BCUT2D eigenvalue weighted by atomic mass is 16.5. The SMILES string of the molecule is CCNC1CCC(C)CC1CN(CCOC)C(C)C. The summed E-state index contributed by atoms with van der Waals surface area (Å²) in [6.45, 7) is 13.4. The van der Waals surface area contributed by atoms with Gasteiger partial charge in [0.25, 0.3) is 0 Å². The fraction of sp³-hybridized carbons (Fsp3) is 1.00. The average Bonchev–Trinajstić information content (AvgIpc) is 2.37. The predicted octanol–water partition coefficient (Wildman–Crippen LogP) is 2.76. The van der Waals surface area contributed by atoms with E-state index in [2.05, 4.69) is 37.9 Å². The minimum Gasteiger partial charge on any atom is -0.383 e. The summed E-state index contributed by atoms with van der Waals surface area (Å²) in [5.74, 6) is 1.68. The molecule has 0 aromatic rings. The fourth-order valence-electron chi connectivity index (χ4n) is 3.30. The maximum Gasteiger partial charge on any atom is 0.0589 e. The summed E-state index contributed by atoms with van der Waals surface area (Å²) in [7, 11) is 1.79. The Morgan fingerprint density at radius 1 is 1.32 bits per heavy atom. The van der Waals surface area contributed by atoms with Gasteiger partial charge in [0.15, 0.2) is 0 Å². The normalized spacial score (nSPS) is 28.3. The van der Waals surface area contributed by atoms with Crippen LogP contribution in [0.2, 0.25) is 0 Å². The van der Waals surface area contributed by atoms with Gasteiger partial charge in [-0.3, -0.25) is 4.90 Å². The first-order valence-corrected chi connectivity index (χ1v) is 8.04. The Morgan fingerprint density at radius 2 is 2.05 bits per heavy atom. The van der Waals surface area contributed by atoms with Gasteiger partial charge in [-0.05, 0) is 51.5 Å². The van der Waals surface area contributed by atoms with E-state index in [1.165, 1.54) is 25.8 Å². The van der Waals surface area contributed by atoms with Gasteiger partial charge in [0, 0.05) is 32.3 Å². The summed E-state index contributed by atoms with van der Waals surface area (Å²) in [5.41, 5.74) is 0. The average molecular weight is 270 g/mol. The molecule has 1 aliphatic rings. The van der Waals surface area contributed by atoms with Crippen LogP contribution in [0, 0.1) is 11.8 Å². The van der Waals surface area contributed by atoms with Crippen molar-refractivity contribution in [2.24, 2.45) is 11.8 Å². The second kappa shape index (κ2) is 8.93. The molecule has 0 aromatic carbocycles. The monoisotopic (exact) mass is 270 g/mol. The number of methoxy groups -OCH3 is 1. The quantitative estimate of drug-likeness (QED) is 0.734. The van der Waals surface area contributed by atoms with Crippen molar-refractivity contribution < 1.29 is 4.74 Å². The smallest absolute Gasteiger partial charge is 0.0589 e. The lowest BCUT2D eigenvalue weighted by molar-refractivity contribution is 0.0908. The molecule has 114 valence electrons. The van der Waals surface area contributed by atoms with Crippen molar-refractivity contribution in [2.45, 2.75) is 59.0 Å². The first-order chi connectivity index (χ1) is 9.08. The Morgan fingerprint density at radius 3 is 2.63 bits per heavy atom. The van der Waals surface area contributed by atoms with E-state index in [1.807, 2.05) is 0 Å². The molecule has 1 fully saturated rings. The second-order valence-corrected chi connectivity index (χ2v) is 6.42. The molecule has 0 aliphatic heterocycles. The standard InChI is InChI=1S/C16H34N2O/c1-6-17-16-8-7-14(4)11-15(16)12-18(13(2)3)9-10-19-5/h13-17H,6-12H2,1-5H3. The summed E-state index contributed by atoms with van der Waals surface area (Å²) >= 11 is 0. The number of hydrogen-bond acceptors (Lipinski definition) is 3. The molecule has 1 aliphatic carbocycles. The van der Waals surface area contributed by atoms with Gasteiger partial charge in [-0.2, -0.15) is 0 Å². The highest BCUT2D eigenvalue weighted by molar-refractivity contribution is 4.86. The third kappa shape index (κ3) is 5.80. The molecule has 3 nitrogen and oxygen atoms in total. The summed E-state index contributed by atoms with van der Waals surface area (Å²) in [5, 5.41) is 3.70. The lowest BCUT2D eigenvalue weighted by Crippen LogP contribution is -2.47. The summed E-state index contributed by atoms with van der Waals surface area (Å²) in [6.07, 6.45) is 4.09. The summed E-state index contributed by atoms with van der Waals surface area (Å²) in [6, 6.07) is 1.32. The van der Waals surface area contributed by atoms with E-state index in [9.17, 15) is 0 Å². The van der Waals surface area contributed by atoms with Crippen LogP contribution in [0.3, 0.4) is 0 Å². The number of hydrogen-bond donors (Lipinski definition) is 1. The molecular weight excluding hydrogens is 236 g/mol. The summed E-state index contributed by atoms with van der Waals surface area (Å²) < 4.78 is 5.25. The Balaban J connectivity index is 2.56. The minimum atomic E-state index is 0.606. The van der Waals surface area contributed by atoms with Crippen molar-refractivity contribution in [1.82, 2.24) is 10.2 Å². The lowest BCUT2D eigenvalue weighted by atomic mass is 9.78. The molecule has 0 spiro atoms. The van der Waals surface area contributed by atoms with E-state index in [4.69, 9.17) is 4.74 Å². The third-order valence-corrected chi connectivity index (χ3v) is 4.49. The van der Waals surface area contributed by atoms with Crippen molar-refractivity contribution in [3.05, 3.63) is 0 Å². The number of nitrogens with zero attached hydrogens (tertiary/aromatic N) is 1. The first-order valence-electron chi connectivity index (χ1n) is 8.04. The predicted molar refractivity (Wildman–Crippen MR) is 82.6 cm³/mol. The molecule has 0 heterocycles. The molecule has 3 atom stereocenters. The molecule has 3 heteroatoms. The highest BCUT2D eigenvalue weighted by Crippen LogP contribution is 2.30. The van der Waals surface area contributed by atoms with E-state index >= 15 is 0 Å². The van der Waals surface area contributed by atoms with Crippen LogP contribution in [0.25, 0.3) is 0 Å². The van der Waals surface area contributed by atoms with Crippen LogP contribution in [0.5, 0.6) is 0 Å². The van der Waals surface area contributed by atoms with Crippen LogP contribution in [0.4, 0.5) is 0 Å². The van der Waals surface area contributed by atoms with Gasteiger partial charge < -0.3 is 10.1 Å². The van der Waals surface area contributed by atoms with E-state index < -0.39 is 0 Å². The summed E-state index contributed by atoms with van der Waals surface area (Å²) in [4.78, 5) is 2.58. The van der Waals surface area contributed by atoms with E-state index in [-0.39, 0.29) is 0 Å². The van der Waals surface area contributed by atoms with Crippen LogP contribution in [-0.2, 0) is 4.74 Å². The lowest BCUT2D eigenvalue weighted by Gasteiger charge is -2.39. The Labute approximate surface area is 120 Å². The van der Waals surface area contributed by atoms with Crippen LogP contribution >= 0.6 is 0 Å². The molecule has 1 rings (SSSR count). The van der Waals surface area contributed by atoms with Crippen LogP contribution in [-0.4, -0.2) is 50.3 Å². The zero-order chi connectivity index (χ0) is 14.3. The van der Waals surface area contributed by atoms with Crippen molar-refractivity contribution >= 4 is 0 Å². The maximum absolute atomic E-state index is 5.25. The minimum absolute atomic E-state index is 0.606. The molecule has 1 N–H and O–H groups in total. The number of ether oxygens (including phenoxy) is 1. The van der Waals surface area contributed by atoms with Gasteiger partial charge in [-0.25, -0.2) is 0 Å². The third-order valence-electron chi connectivity index (χ3n) is 4.49. The van der Waals surface area contributed by atoms with Crippen molar-refractivity contribution in [2.75, 3.05) is 33.4 Å². The van der Waals surface area contributed by atoms with Crippen molar-refractivity contribution in [3.8, 4) is 0 Å². The van der Waals surface area contributed by atoms with Gasteiger partial charge in [0.2, 0.25) is 0 Å². The maximum atomic E-state index is 5.25. The molecule has 0 amide bonds. The topological polar surface area (TPSA) is 24.5 Å². The molecular formula is C16H34N2O. The fourth-order valence-corrected chi connectivity index (χ4v) is 3.30. The number of nitrogens with one attached hydrogen (secondary N) is 1. The van der Waals surface area contributed by atoms with E-state index in [0.717, 1.165) is 31.5 Å². The van der Waals surface area contributed by atoms with Gasteiger partial charge in [-0.1, -0.05) is 13.8 Å². The Hall–Kier alpha value is -0.120. The Kier molecular flexibility index (Phi) is 7.96. The van der Waals surface area contributed by atoms with Gasteiger partial charge in [0.05, 0.1) is 6.61 Å². The molecule has 0 bridgehead atoms. The number of rotatable bonds is 8. The van der Waals surface area contributed by atoms with Gasteiger partial charge in [0.1, 0.15) is 0 Å². The Bertz CT molecular complexity index is 233. The van der Waals surface area contributed by atoms with Crippen molar-refractivity contribution in [1.29, 1.82) is 0 Å². The van der Waals surface area contributed by atoms with Gasteiger partial charge in [-0.15, -0.1) is 0 Å². The molecule has 3 unspecified atom stereocenters. The first kappa shape index (κ1) is 16.9. The van der Waals surface area contributed by atoms with E-state index in [1.54, 1.807) is 7.11 Å². The zero-order valence-electron chi connectivity index (χ0n) is 13.6. The van der Waals surface area contributed by atoms with Crippen LogP contribution in [0.1, 0.15) is 47.0 Å². The highest BCUT2D eigenvalue weighted by Gasteiger charge is 2.29. The zero-order valence-corrected chi connectivity index (χ0v) is 13.6. The molecule has 0 saturated heterocycles. The second-order valence-electron chi connectivity index (χ2n) is 6.42. The molecule has 0 radical (unpaired) electrons. The van der Waals surface area contributed by atoms with E-state index in [0.29, 0.717) is 12.1 Å². The van der Waals surface area contributed by atoms with Crippen LogP contribution in [0.15, 0.2) is 0 Å². The molecule has 19 heavy (non-hydrogen) atoms. The van der Waals surface area contributed by atoms with Gasteiger partial charge >= 0.3 is 0 Å².